The van der Waals surface area contributed by atoms with Crippen LogP contribution in [0.15, 0.2) is 36.4 Å². The van der Waals surface area contributed by atoms with Crippen molar-refractivity contribution in [3.8, 4) is 11.5 Å². The number of hydrogen-bond acceptors (Lipinski definition) is 7. The molecule has 2 amide bonds. The van der Waals surface area contributed by atoms with Crippen LogP contribution < -0.4 is 14.8 Å². The largest absolute Gasteiger partial charge is 0.485 e. The monoisotopic (exact) mass is 584 g/mol. The van der Waals surface area contributed by atoms with E-state index in [2.05, 4.69) is 5.32 Å². The van der Waals surface area contributed by atoms with Gasteiger partial charge in [0.1, 0.15) is 24.1 Å². The minimum Gasteiger partial charge on any atom is -0.485 e. The Labute approximate surface area is 234 Å². The topological polar surface area (TPSA) is 114 Å². The molecule has 13 heteroatoms. The maximum atomic E-state index is 14.0. The molecule has 1 aliphatic heterocycles. The second kappa shape index (κ2) is 13.7. The van der Waals surface area contributed by atoms with Crippen LogP contribution in [0.5, 0.6) is 11.5 Å². The summed E-state index contributed by atoms with van der Waals surface area (Å²) in [6.07, 6.45) is -2.35. The van der Waals surface area contributed by atoms with Crippen LogP contribution in [-0.4, -0.2) is 65.4 Å². The number of rotatable bonds is 9. The van der Waals surface area contributed by atoms with Gasteiger partial charge < -0.3 is 29.5 Å². The molecule has 1 heterocycles. The average Bonchev–Trinajstić information content (AvgIpc) is 2.91. The first-order valence-corrected chi connectivity index (χ1v) is 12.9. The summed E-state index contributed by atoms with van der Waals surface area (Å²) >= 11 is 0. The number of aliphatic hydroxyl groups excluding tert-OH is 1. The number of amides is 2. The Balaban J connectivity index is 1.63. The molecule has 0 aromatic heterocycles. The Morgan fingerprint density at radius 1 is 1.02 bits per heavy atom. The van der Waals surface area contributed by atoms with Crippen LogP contribution in [-0.2, 0) is 14.3 Å². The lowest BCUT2D eigenvalue weighted by Crippen LogP contribution is -2.51. The molecule has 2 aromatic carbocycles. The maximum Gasteiger partial charge on any atom is 0.415 e. The minimum atomic E-state index is -1.80. The molecule has 3 rings (SSSR count). The number of carbonyl (C=O) groups excluding carboxylic acids is 3. The molecule has 2 atom stereocenters. The molecular weight excluding hydrogens is 552 g/mol. The third-order valence-corrected chi connectivity index (χ3v) is 6.14. The molecule has 0 saturated carbocycles. The molecule has 9 nitrogen and oxygen atoms in total. The first-order valence-electron chi connectivity index (χ1n) is 12.9. The molecule has 1 unspecified atom stereocenters. The normalized spacial score (nSPS) is 15.6. The molecule has 1 fully saturated rings. The summed E-state index contributed by atoms with van der Waals surface area (Å²) in [4.78, 5) is 39.4. The third kappa shape index (κ3) is 9.07. The van der Waals surface area contributed by atoms with E-state index in [-0.39, 0.29) is 32.0 Å². The van der Waals surface area contributed by atoms with E-state index in [9.17, 15) is 37.1 Å². The van der Waals surface area contributed by atoms with Gasteiger partial charge in [0.2, 0.25) is 17.5 Å². The van der Waals surface area contributed by atoms with Gasteiger partial charge >= 0.3 is 12.1 Å². The van der Waals surface area contributed by atoms with Crippen molar-refractivity contribution < 1.29 is 51.3 Å². The van der Waals surface area contributed by atoms with Crippen LogP contribution in [0.25, 0.3) is 0 Å². The fraction of sp³-hybridized carbons (Fsp3) is 0.464. The number of piperidine rings is 1. The van der Waals surface area contributed by atoms with E-state index in [0.717, 1.165) is 0 Å². The van der Waals surface area contributed by atoms with E-state index in [1.165, 1.54) is 4.90 Å². The quantitative estimate of drug-likeness (QED) is 0.259. The SMILES string of the molecule is CC(C)(C)OC(=O)C[C@H](NC(=O)C1CCN(C(=O)Oc2ccccc2)CC1)C(O)COc1c(F)c(F)cc(F)c1F. The van der Waals surface area contributed by atoms with Gasteiger partial charge in [-0.3, -0.25) is 9.59 Å². The van der Waals surface area contributed by atoms with Crippen LogP contribution in [0.3, 0.4) is 0 Å². The predicted molar refractivity (Wildman–Crippen MR) is 137 cm³/mol. The summed E-state index contributed by atoms with van der Waals surface area (Å²) < 4.78 is 70.4. The number of hydrogen-bond donors (Lipinski definition) is 2. The van der Waals surface area contributed by atoms with Crippen molar-refractivity contribution in [3.05, 3.63) is 59.7 Å². The number of aliphatic hydroxyl groups is 1. The van der Waals surface area contributed by atoms with E-state index in [0.29, 0.717) is 5.75 Å². The van der Waals surface area contributed by atoms with Crippen LogP contribution in [0.4, 0.5) is 22.4 Å². The zero-order chi connectivity index (χ0) is 30.3. The standard InChI is InChI=1S/C28H32F4N2O7/c1-28(2,3)41-22(36)14-20(21(35)15-39-25-23(31)18(29)13-19(30)24(25)32)33-26(37)16-9-11-34(12-10-16)27(38)40-17-7-5-4-6-8-17/h4-8,13,16,20-21,35H,9-12,14-15H2,1-3H3,(H,33,37)/t20-,21?/m0/s1. The zero-order valence-corrected chi connectivity index (χ0v) is 22.8. The second-order valence-electron chi connectivity index (χ2n) is 10.5. The fourth-order valence-electron chi connectivity index (χ4n) is 4.09. The average molecular weight is 585 g/mol. The van der Waals surface area contributed by atoms with Crippen molar-refractivity contribution in [3.63, 3.8) is 0 Å². The molecule has 2 aromatic rings. The van der Waals surface area contributed by atoms with Gasteiger partial charge in [-0.05, 0) is 45.7 Å². The molecule has 41 heavy (non-hydrogen) atoms. The smallest absolute Gasteiger partial charge is 0.415 e. The number of halogens is 4. The number of nitrogens with zero attached hydrogens (tertiary/aromatic N) is 1. The van der Waals surface area contributed by atoms with E-state index in [1.54, 1.807) is 51.1 Å². The molecule has 0 bridgehead atoms. The Hall–Kier alpha value is -3.87. The lowest BCUT2D eigenvalue weighted by Gasteiger charge is -2.32. The molecule has 2 N–H and O–H groups in total. The van der Waals surface area contributed by atoms with Gasteiger partial charge in [-0.25, -0.2) is 13.6 Å². The number of para-hydroxylation sites is 1. The molecule has 0 aliphatic carbocycles. The summed E-state index contributed by atoms with van der Waals surface area (Å²) in [6, 6.07) is 7.13. The van der Waals surface area contributed by atoms with Crippen molar-refractivity contribution >= 4 is 18.0 Å². The predicted octanol–water partition coefficient (Wildman–Crippen LogP) is 4.11. The lowest BCUT2D eigenvalue weighted by molar-refractivity contribution is -0.156. The summed E-state index contributed by atoms with van der Waals surface area (Å²) in [5.74, 6) is -9.98. The highest BCUT2D eigenvalue weighted by molar-refractivity contribution is 5.80. The van der Waals surface area contributed by atoms with Gasteiger partial charge in [-0.15, -0.1) is 0 Å². The van der Waals surface area contributed by atoms with Gasteiger partial charge in [0, 0.05) is 25.1 Å². The van der Waals surface area contributed by atoms with E-state index in [4.69, 9.17) is 14.2 Å². The molecule has 0 radical (unpaired) electrons. The van der Waals surface area contributed by atoms with Crippen molar-refractivity contribution in [1.29, 1.82) is 0 Å². The number of likely N-dealkylation sites (tertiary alicyclic amines) is 1. The van der Waals surface area contributed by atoms with Crippen LogP contribution in [0.1, 0.15) is 40.0 Å². The van der Waals surface area contributed by atoms with Gasteiger partial charge in [0.25, 0.3) is 0 Å². The molecule has 1 saturated heterocycles. The molecule has 224 valence electrons. The van der Waals surface area contributed by atoms with Gasteiger partial charge in [-0.1, -0.05) is 18.2 Å². The lowest BCUT2D eigenvalue weighted by atomic mass is 9.95. The van der Waals surface area contributed by atoms with Crippen LogP contribution in [0.2, 0.25) is 0 Å². The van der Waals surface area contributed by atoms with Gasteiger partial charge in [-0.2, -0.15) is 8.78 Å². The maximum absolute atomic E-state index is 14.0. The fourth-order valence-corrected chi connectivity index (χ4v) is 4.09. The first-order chi connectivity index (χ1) is 19.2. The number of nitrogens with one attached hydrogen (secondary N) is 1. The summed E-state index contributed by atoms with van der Waals surface area (Å²) in [5, 5.41) is 13.2. The second-order valence-corrected chi connectivity index (χ2v) is 10.5. The first kappa shape index (κ1) is 31.7. The summed E-state index contributed by atoms with van der Waals surface area (Å²) in [5.41, 5.74) is -0.889. The zero-order valence-electron chi connectivity index (χ0n) is 22.8. The van der Waals surface area contributed by atoms with E-state index >= 15 is 0 Å². The highest BCUT2D eigenvalue weighted by Gasteiger charge is 2.33. The van der Waals surface area contributed by atoms with Crippen molar-refractivity contribution in [2.75, 3.05) is 19.7 Å². The number of benzene rings is 2. The third-order valence-electron chi connectivity index (χ3n) is 6.14. The van der Waals surface area contributed by atoms with Crippen molar-refractivity contribution in [1.82, 2.24) is 10.2 Å². The van der Waals surface area contributed by atoms with Gasteiger partial charge in [0.15, 0.2) is 17.4 Å². The molecule has 0 spiro atoms. The highest BCUT2D eigenvalue weighted by atomic mass is 19.2. The van der Waals surface area contributed by atoms with E-state index < -0.39 is 83.7 Å². The Bertz CT molecular complexity index is 1210. The molecule has 1 aliphatic rings. The minimum absolute atomic E-state index is 0.00610. The number of ether oxygens (including phenoxy) is 3. The van der Waals surface area contributed by atoms with Crippen molar-refractivity contribution in [2.24, 2.45) is 5.92 Å². The van der Waals surface area contributed by atoms with Gasteiger partial charge in [0.05, 0.1) is 12.5 Å². The van der Waals surface area contributed by atoms with Crippen LogP contribution in [0, 0.1) is 29.2 Å². The number of esters is 1. The van der Waals surface area contributed by atoms with E-state index in [1.807, 2.05) is 0 Å². The Morgan fingerprint density at radius 2 is 1.61 bits per heavy atom. The Morgan fingerprint density at radius 3 is 2.17 bits per heavy atom. The summed E-state index contributed by atoms with van der Waals surface area (Å²) in [6.45, 7) is 4.32. The highest BCUT2D eigenvalue weighted by Crippen LogP contribution is 2.27. The van der Waals surface area contributed by atoms with Crippen molar-refractivity contribution in [2.45, 2.75) is 57.8 Å². The summed E-state index contributed by atoms with van der Waals surface area (Å²) in [7, 11) is 0. The molecular formula is C28H32F4N2O7. The number of carbonyl (C=O) groups is 3. The Kier molecular flexibility index (Phi) is 10.5. The van der Waals surface area contributed by atoms with Crippen LogP contribution >= 0.6 is 0 Å².